The molecule has 0 N–H and O–H groups in total. The van der Waals surface area contributed by atoms with Crippen LogP contribution in [-0.2, 0) is 14.6 Å². The van der Waals surface area contributed by atoms with E-state index < -0.39 is 9.84 Å². The van der Waals surface area contributed by atoms with Gasteiger partial charge in [-0.15, -0.1) is 10.2 Å². The molecule has 3 aromatic rings. The molecule has 1 aliphatic heterocycles. The number of rotatable bonds is 8. The molecule has 2 aromatic carbocycles. The molecule has 0 bridgehead atoms. The second kappa shape index (κ2) is 10.1. The monoisotopic (exact) mass is 484 g/mol. The van der Waals surface area contributed by atoms with E-state index in [-0.39, 0.29) is 29.2 Å². The summed E-state index contributed by atoms with van der Waals surface area (Å²) >= 11 is 1.33. The van der Waals surface area contributed by atoms with E-state index in [1.54, 1.807) is 4.90 Å². The lowest BCUT2D eigenvalue weighted by atomic mass is 10.1. The molecule has 174 valence electrons. The van der Waals surface area contributed by atoms with Crippen LogP contribution in [0.15, 0.2) is 59.8 Å². The molecule has 7 nitrogen and oxygen atoms in total. The van der Waals surface area contributed by atoms with E-state index in [0.717, 1.165) is 23.2 Å². The van der Waals surface area contributed by atoms with Crippen LogP contribution in [-0.4, -0.2) is 63.8 Å². The van der Waals surface area contributed by atoms with Crippen LogP contribution in [0, 0.1) is 6.92 Å². The van der Waals surface area contributed by atoms with Crippen molar-refractivity contribution < 1.29 is 13.2 Å². The van der Waals surface area contributed by atoms with E-state index in [1.807, 2.05) is 66.9 Å². The van der Waals surface area contributed by atoms with Gasteiger partial charge in [0.25, 0.3) is 0 Å². The molecule has 0 spiro atoms. The molecule has 33 heavy (non-hydrogen) atoms. The summed E-state index contributed by atoms with van der Waals surface area (Å²) in [4.78, 5) is 14.9. The fourth-order valence-electron chi connectivity index (χ4n) is 4.13. The van der Waals surface area contributed by atoms with Crippen LogP contribution >= 0.6 is 11.8 Å². The summed E-state index contributed by atoms with van der Waals surface area (Å²) in [6, 6.07) is 17.7. The number of thioether (sulfide) groups is 1. The predicted octanol–water partition coefficient (Wildman–Crippen LogP) is 3.76. The van der Waals surface area contributed by atoms with Crippen molar-refractivity contribution in [2.45, 2.75) is 37.9 Å². The fourth-order valence-corrected chi connectivity index (χ4v) is 6.70. The highest BCUT2D eigenvalue weighted by molar-refractivity contribution is 7.99. The van der Waals surface area contributed by atoms with Crippen LogP contribution < -0.4 is 0 Å². The number of carbonyl (C=O) groups is 1. The summed E-state index contributed by atoms with van der Waals surface area (Å²) in [5, 5.41) is 9.48. The van der Waals surface area contributed by atoms with Gasteiger partial charge >= 0.3 is 0 Å². The maximum absolute atomic E-state index is 13.1. The van der Waals surface area contributed by atoms with Crippen LogP contribution in [0.4, 0.5) is 0 Å². The quantitative estimate of drug-likeness (QED) is 0.453. The highest BCUT2D eigenvalue weighted by Gasteiger charge is 2.34. The van der Waals surface area contributed by atoms with Crippen molar-refractivity contribution in [2.24, 2.45) is 0 Å². The van der Waals surface area contributed by atoms with Crippen molar-refractivity contribution >= 4 is 27.5 Å². The number of aromatic nitrogens is 3. The van der Waals surface area contributed by atoms with Gasteiger partial charge in [0, 0.05) is 23.8 Å². The first-order valence-electron chi connectivity index (χ1n) is 11.1. The molecule has 9 heteroatoms. The second-order valence-corrected chi connectivity index (χ2v) is 11.5. The Morgan fingerprint density at radius 3 is 2.61 bits per heavy atom. The number of nitrogens with zero attached hydrogens (tertiary/aromatic N) is 4. The largest absolute Gasteiger partial charge is 0.338 e. The van der Waals surface area contributed by atoms with Crippen LogP contribution in [0.1, 0.15) is 25.3 Å². The standard InChI is InChI=1S/C24H28N4O3S2/c1-3-13-27(21-12-14-33(30,31)17-21)22(29)16-32-24-26-25-23(19-9-7-8-18(2)15-19)28(24)20-10-5-4-6-11-20/h4-11,15,21H,3,12-14,16-17H2,1-2H3/t21-/m0/s1. The van der Waals surface area contributed by atoms with E-state index in [0.29, 0.717) is 23.9 Å². The molecule has 0 aliphatic carbocycles. The molecule has 4 rings (SSSR count). The zero-order valence-corrected chi connectivity index (χ0v) is 20.5. The van der Waals surface area contributed by atoms with Crippen LogP contribution in [0.25, 0.3) is 17.1 Å². The van der Waals surface area contributed by atoms with Gasteiger partial charge in [0.15, 0.2) is 20.8 Å². The van der Waals surface area contributed by atoms with E-state index in [4.69, 9.17) is 0 Å². The average Bonchev–Trinajstić information content (AvgIpc) is 3.39. The number of benzene rings is 2. The number of sulfone groups is 1. The first kappa shape index (κ1) is 23.5. The van der Waals surface area contributed by atoms with Crippen LogP contribution in [0.3, 0.4) is 0 Å². The minimum absolute atomic E-state index is 0.0567. The van der Waals surface area contributed by atoms with Crippen LogP contribution in [0.2, 0.25) is 0 Å². The molecule has 2 heterocycles. The van der Waals surface area contributed by atoms with Crippen molar-refractivity contribution in [3.05, 3.63) is 60.2 Å². The van der Waals surface area contributed by atoms with Gasteiger partial charge in [0.2, 0.25) is 5.91 Å². The average molecular weight is 485 g/mol. The third-order valence-corrected chi connectivity index (χ3v) is 8.35. The van der Waals surface area contributed by atoms with E-state index in [9.17, 15) is 13.2 Å². The van der Waals surface area contributed by atoms with E-state index >= 15 is 0 Å². The van der Waals surface area contributed by atoms with Crippen molar-refractivity contribution in [3.8, 4) is 17.1 Å². The topological polar surface area (TPSA) is 85.2 Å². The lowest BCUT2D eigenvalue weighted by Gasteiger charge is -2.27. The molecule has 1 saturated heterocycles. The Bertz CT molecular complexity index is 1230. The number of hydrogen-bond donors (Lipinski definition) is 0. The van der Waals surface area contributed by atoms with Gasteiger partial charge in [-0.05, 0) is 38.0 Å². The van der Waals surface area contributed by atoms with Gasteiger partial charge in [0.1, 0.15) is 0 Å². The summed E-state index contributed by atoms with van der Waals surface area (Å²) in [5.41, 5.74) is 3.00. The minimum Gasteiger partial charge on any atom is -0.338 e. The Morgan fingerprint density at radius 2 is 1.94 bits per heavy atom. The molecule has 1 aliphatic rings. The predicted molar refractivity (Wildman–Crippen MR) is 131 cm³/mol. The molecule has 1 aromatic heterocycles. The van der Waals surface area contributed by atoms with Crippen molar-refractivity contribution in [1.82, 2.24) is 19.7 Å². The number of aryl methyl sites for hydroxylation is 1. The molecule has 0 saturated carbocycles. The maximum atomic E-state index is 13.1. The minimum atomic E-state index is -3.06. The molecular weight excluding hydrogens is 456 g/mol. The molecule has 1 fully saturated rings. The van der Waals surface area contributed by atoms with Gasteiger partial charge in [0.05, 0.1) is 17.3 Å². The second-order valence-electron chi connectivity index (χ2n) is 8.28. The first-order valence-corrected chi connectivity index (χ1v) is 13.9. The van der Waals surface area contributed by atoms with Crippen molar-refractivity contribution in [3.63, 3.8) is 0 Å². The molecule has 0 radical (unpaired) electrons. The number of carbonyl (C=O) groups excluding carboxylic acids is 1. The molecular formula is C24H28N4O3S2. The Hall–Kier alpha value is -2.65. The SMILES string of the molecule is CCCN(C(=O)CSc1nnc(-c2cccc(C)c2)n1-c1ccccc1)[C@H]1CCS(=O)(=O)C1. The fraction of sp³-hybridized carbons (Fsp3) is 0.375. The summed E-state index contributed by atoms with van der Waals surface area (Å²) in [7, 11) is -3.06. The highest BCUT2D eigenvalue weighted by atomic mass is 32.2. The van der Waals surface area contributed by atoms with E-state index in [1.165, 1.54) is 11.8 Å². The molecule has 1 atom stereocenters. The third kappa shape index (κ3) is 5.47. The van der Waals surface area contributed by atoms with Gasteiger partial charge in [-0.3, -0.25) is 9.36 Å². The normalized spacial score (nSPS) is 17.2. The summed E-state index contributed by atoms with van der Waals surface area (Å²) in [6.45, 7) is 4.59. The van der Waals surface area contributed by atoms with Gasteiger partial charge in [-0.25, -0.2) is 8.42 Å². The Kier molecular flexibility index (Phi) is 7.19. The first-order chi connectivity index (χ1) is 15.9. The third-order valence-electron chi connectivity index (χ3n) is 5.68. The Labute approximate surface area is 199 Å². The Balaban J connectivity index is 1.59. The molecule has 1 amide bonds. The van der Waals surface area contributed by atoms with Crippen molar-refractivity contribution in [1.29, 1.82) is 0 Å². The van der Waals surface area contributed by atoms with Gasteiger partial charge in [-0.2, -0.15) is 0 Å². The number of amides is 1. The van der Waals surface area contributed by atoms with Crippen molar-refractivity contribution in [2.75, 3.05) is 23.8 Å². The summed E-state index contributed by atoms with van der Waals surface area (Å²) < 4.78 is 25.9. The smallest absolute Gasteiger partial charge is 0.233 e. The van der Waals surface area contributed by atoms with E-state index in [2.05, 4.69) is 16.3 Å². The van der Waals surface area contributed by atoms with Crippen LogP contribution in [0.5, 0.6) is 0 Å². The number of para-hydroxylation sites is 1. The highest BCUT2D eigenvalue weighted by Crippen LogP contribution is 2.29. The maximum Gasteiger partial charge on any atom is 0.233 e. The van der Waals surface area contributed by atoms with Gasteiger partial charge < -0.3 is 4.90 Å². The lowest BCUT2D eigenvalue weighted by Crippen LogP contribution is -2.42. The number of hydrogen-bond acceptors (Lipinski definition) is 6. The summed E-state index contributed by atoms with van der Waals surface area (Å²) in [6.07, 6.45) is 1.29. The molecule has 0 unspecified atom stereocenters. The van der Waals surface area contributed by atoms with Gasteiger partial charge in [-0.1, -0.05) is 60.6 Å². The zero-order chi connectivity index (χ0) is 23.4. The lowest BCUT2D eigenvalue weighted by molar-refractivity contribution is -0.130. The Morgan fingerprint density at radius 1 is 1.15 bits per heavy atom. The zero-order valence-electron chi connectivity index (χ0n) is 18.8. The summed E-state index contributed by atoms with van der Waals surface area (Å²) in [5.74, 6) is 1.03.